The predicted octanol–water partition coefficient (Wildman–Crippen LogP) is 2.75. The summed E-state index contributed by atoms with van der Waals surface area (Å²) in [6.45, 7) is 4.50. The SMILES string of the molecule is CCCNc1ncc(C(=O)N2CCSCC2)cc1Cl. The minimum atomic E-state index is 0.0248. The first-order chi connectivity index (χ1) is 9.22. The Morgan fingerprint density at radius 1 is 1.53 bits per heavy atom. The lowest BCUT2D eigenvalue weighted by Gasteiger charge is -2.26. The lowest BCUT2D eigenvalue weighted by atomic mass is 10.2. The fraction of sp³-hybridized carbons (Fsp3) is 0.538. The summed E-state index contributed by atoms with van der Waals surface area (Å²) in [5, 5.41) is 3.64. The van der Waals surface area contributed by atoms with E-state index < -0.39 is 0 Å². The normalized spacial score (nSPS) is 15.4. The molecular weight excluding hydrogens is 282 g/mol. The molecule has 104 valence electrons. The summed E-state index contributed by atoms with van der Waals surface area (Å²) in [7, 11) is 0. The number of nitrogens with zero attached hydrogens (tertiary/aromatic N) is 2. The van der Waals surface area contributed by atoms with Crippen molar-refractivity contribution in [3.05, 3.63) is 22.8 Å². The third kappa shape index (κ3) is 3.76. The molecule has 0 aromatic carbocycles. The quantitative estimate of drug-likeness (QED) is 0.928. The van der Waals surface area contributed by atoms with Gasteiger partial charge in [-0.3, -0.25) is 4.79 Å². The van der Waals surface area contributed by atoms with Crippen LogP contribution in [0.2, 0.25) is 5.02 Å². The molecule has 1 amide bonds. The van der Waals surface area contributed by atoms with Gasteiger partial charge in [0.25, 0.3) is 5.91 Å². The summed E-state index contributed by atoms with van der Waals surface area (Å²) < 4.78 is 0. The second-order valence-electron chi connectivity index (χ2n) is 4.39. The highest BCUT2D eigenvalue weighted by molar-refractivity contribution is 7.99. The molecule has 1 N–H and O–H groups in total. The number of rotatable bonds is 4. The molecule has 1 saturated heterocycles. The van der Waals surface area contributed by atoms with Gasteiger partial charge in [-0.05, 0) is 12.5 Å². The highest BCUT2D eigenvalue weighted by atomic mass is 35.5. The number of anilines is 1. The molecule has 0 unspecified atom stereocenters. The summed E-state index contributed by atoms with van der Waals surface area (Å²) in [5.41, 5.74) is 0.568. The van der Waals surface area contributed by atoms with Gasteiger partial charge in [0.1, 0.15) is 5.82 Å². The van der Waals surface area contributed by atoms with Crippen molar-refractivity contribution in [2.75, 3.05) is 36.5 Å². The molecule has 19 heavy (non-hydrogen) atoms. The lowest BCUT2D eigenvalue weighted by molar-refractivity contribution is 0.0772. The topological polar surface area (TPSA) is 45.2 Å². The third-order valence-electron chi connectivity index (χ3n) is 2.93. The first kappa shape index (κ1) is 14.5. The number of hydrogen-bond acceptors (Lipinski definition) is 4. The Kier molecular flexibility index (Phi) is 5.34. The van der Waals surface area contributed by atoms with Crippen LogP contribution in [0.4, 0.5) is 5.82 Å². The van der Waals surface area contributed by atoms with Gasteiger partial charge in [-0.1, -0.05) is 18.5 Å². The van der Waals surface area contributed by atoms with E-state index in [2.05, 4.69) is 17.2 Å². The van der Waals surface area contributed by atoms with Crippen LogP contribution in [0.5, 0.6) is 0 Å². The number of thioether (sulfide) groups is 1. The van der Waals surface area contributed by atoms with Crippen LogP contribution in [-0.4, -0.2) is 46.9 Å². The van der Waals surface area contributed by atoms with E-state index in [1.807, 2.05) is 16.7 Å². The van der Waals surface area contributed by atoms with Crippen LogP contribution >= 0.6 is 23.4 Å². The molecule has 0 radical (unpaired) electrons. The van der Waals surface area contributed by atoms with Gasteiger partial charge in [0.2, 0.25) is 0 Å². The molecule has 6 heteroatoms. The number of amides is 1. The maximum Gasteiger partial charge on any atom is 0.255 e. The lowest BCUT2D eigenvalue weighted by Crippen LogP contribution is -2.37. The fourth-order valence-corrected chi connectivity index (χ4v) is 3.01. The molecule has 1 aliphatic heterocycles. The molecule has 1 fully saturated rings. The van der Waals surface area contributed by atoms with Crippen molar-refractivity contribution in [1.29, 1.82) is 0 Å². The molecule has 0 atom stereocenters. The number of halogens is 1. The monoisotopic (exact) mass is 299 g/mol. The van der Waals surface area contributed by atoms with Crippen molar-refractivity contribution in [2.45, 2.75) is 13.3 Å². The first-order valence-corrected chi connectivity index (χ1v) is 8.02. The Hall–Kier alpha value is -0.940. The Morgan fingerprint density at radius 3 is 2.89 bits per heavy atom. The van der Waals surface area contributed by atoms with E-state index in [0.717, 1.165) is 37.6 Å². The minimum absolute atomic E-state index is 0.0248. The highest BCUT2D eigenvalue weighted by Crippen LogP contribution is 2.21. The van der Waals surface area contributed by atoms with Crippen LogP contribution in [0, 0.1) is 0 Å². The van der Waals surface area contributed by atoms with Crippen molar-refractivity contribution in [1.82, 2.24) is 9.88 Å². The van der Waals surface area contributed by atoms with E-state index in [1.54, 1.807) is 12.3 Å². The zero-order valence-corrected chi connectivity index (χ0v) is 12.6. The summed E-state index contributed by atoms with van der Waals surface area (Å²) in [6, 6.07) is 1.70. The molecule has 4 nitrogen and oxygen atoms in total. The predicted molar refractivity (Wildman–Crippen MR) is 81.3 cm³/mol. The van der Waals surface area contributed by atoms with Crippen molar-refractivity contribution in [3.63, 3.8) is 0 Å². The Labute approximate surface area is 122 Å². The second-order valence-corrected chi connectivity index (χ2v) is 6.02. The molecule has 2 heterocycles. The second kappa shape index (κ2) is 7.01. The van der Waals surface area contributed by atoms with E-state index in [1.165, 1.54) is 0 Å². The maximum atomic E-state index is 12.3. The summed E-state index contributed by atoms with van der Waals surface area (Å²) in [5.74, 6) is 2.68. The Morgan fingerprint density at radius 2 is 2.26 bits per heavy atom. The van der Waals surface area contributed by atoms with Gasteiger partial charge >= 0.3 is 0 Å². The van der Waals surface area contributed by atoms with Gasteiger partial charge in [-0.25, -0.2) is 4.98 Å². The van der Waals surface area contributed by atoms with Crippen LogP contribution in [0.25, 0.3) is 0 Å². The van der Waals surface area contributed by atoms with Crippen LogP contribution in [0.3, 0.4) is 0 Å². The Bertz CT molecular complexity index is 450. The van der Waals surface area contributed by atoms with Crippen molar-refractivity contribution < 1.29 is 4.79 Å². The van der Waals surface area contributed by atoms with Gasteiger partial charge < -0.3 is 10.2 Å². The van der Waals surface area contributed by atoms with Gasteiger partial charge in [-0.15, -0.1) is 0 Å². The molecule has 0 saturated carbocycles. The van der Waals surface area contributed by atoms with E-state index in [9.17, 15) is 4.79 Å². The van der Waals surface area contributed by atoms with E-state index in [-0.39, 0.29) is 5.91 Å². The van der Waals surface area contributed by atoms with Crippen LogP contribution in [0.15, 0.2) is 12.3 Å². The fourth-order valence-electron chi connectivity index (χ4n) is 1.88. The summed E-state index contributed by atoms with van der Waals surface area (Å²) >= 11 is 8.03. The average molecular weight is 300 g/mol. The molecular formula is C13H18ClN3OS. The van der Waals surface area contributed by atoms with Crippen LogP contribution in [0.1, 0.15) is 23.7 Å². The van der Waals surface area contributed by atoms with E-state index >= 15 is 0 Å². The molecule has 0 aliphatic carbocycles. The van der Waals surface area contributed by atoms with Crippen LogP contribution in [-0.2, 0) is 0 Å². The molecule has 0 spiro atoms. The summed E-state index contributed by atoms with van der Waals surface area (Å²) in [4.78, 5) is 18.4. The zero-order valence-electron chi connectivity index (χ0n) is 11.0. The highest BCUT2D eigenvalue weighted by Gasteiger charge is 2.19. The van der Waals surface area contributed by atoms with Gasteiger partial charge in [0, 0.05) is 37.3 Å². The molecule has 2 rings (SSSR count). The molecule has 1 aliphatic rings. The van der Waals surface area contributed by atoms with E-state index in [4.69, 9.17) is 11.6 Å². The number of carbonyl (C=O) groups is 1. The van der Waals surface area contributed by atoms with Crippen molar-refractivity contribution in [2.24, 2.45) is 0 Å². The zero-order chi connectivity index (χ0) is 13.7. The third-order valence-corrected chi connectivity index (χ3v) is 4.16. The minimum Gasteiger partial charge on any atom is -0.369 e. The molecule has 1 aromatic rings. The number of aromatic nitrogens is 1. The molecule has 0 bridgehead atoms. The van der Waals surface area contributed by atoms with E-state index in [0.29, 0.717) is 16.4 Å². The summed E-state index contributed by atoms with van der Waals surface area (Å²) in [6.07, 6.45) is 2.61. The smallest absolute Gasteiger partial charge is 0.255 e. The van der Waals surface area contributed by atoms with Crippen molar-refractivity contribution >= 4 is 35.1 Å². The van der Waals surface area contributed by atoms with Gasteiger partial charge in [-0.2, -0.15) is 11.8 Å². The number of nitrogens with one attached hydrogen (secondary N) is 1. The number of pyridine rings is 1. The number of hydrogen-bond donors (Lipinski definition) is 1. The Balaban J connectivity index is 2.07. The van der Waals surface area contributed by atoms with Gasteiger partial charge in [0.05, 0.1) is 10.6 Å². The largest absolute Gasteiger partial charge is 0.369 e. The van der Waals surface area contributed by atoms with Gasteiger partial charge in [0.15, 0.2) is 0 Å². The maximum absolute atomic E-state index is 12.3. The van der Waals surface area contributed by atoms with Crippen molar-refractivity contribution in [3.8, 4) is 0 Å². The number of carbonyl (C=O) groups excluding carboxylic acids is 1. The van der Waals surface area contributed by atoms with Crippen LogP contribution < -0.4 is 5.32 Å². The molecule has 1 aromatic heterocycles. The standard InChI is InChI=1S/C13H18ClN3OS/c1-2-3-15-12-11(14)8-10(9-16-12)13(18)17-4-6-19-7-5-17/h8-9H,2-7H2,1H3,(H,15,16). The first-order valence-electron chi connectivity index (χ1n) is 6.49. The average Bonchev–Trinajstić information content (AvgIpc) is 2.46.